The number of fused-ring (bicyclic) bond motifs is 1. The minimum Gasteiger partial charge on any atom is -0.349 e. The van der Waals surface area contributed by atoms with Gasteiger partial charge in [-0.3, -0.25) is 9.89 Å². The van der Waals surface area contributed by atoms with Crippen LogP contribution < -0.4 is 5.32 Å². The molecule has 4 aromatic rings. The Morgan fingerprint density at radius 2 is 1.96 bits per heavy atom. The Morgan fingerprint density at radius 3 is 2.81 bits per heavy atom. The number of amides is 1. The molecule has 2 N–H and O–H groups in total. The first-order chi connectivity index (χ1) is 12.7. The Balaban J connectivity index is 1.39. The van der Waals surface area contributed by atoms with Gasteiger partial charge in [-0.25, -0.2) is 9.07 Å². The Hall–Kier alpha value is -3.55. The van der Waals surface area contributed by atoms with Crippen molar-refractivity contribution < 1.29 is 9.18 Å². The maximum absolute atomic E-state index is 13.0. The molecule has 26 heavy (non-hydrogen) atoms. The van der Waals surface area contributed by atoms with Gasteiger partial charge < -0.3 is 5.32 Å². The predicted octanol–water partition coefficient (Wildman–Crippen LogP) is 2.39. The summed E-state index contributed by atoms with van der Waals surface area (Å²) < 4.78 is 14.7. The quantitative estimate of drug-likeness (QED) is 0.578. The van der Waals surface area contributed by atoms with Gasteiger partial charge in [-0.1, -0.05) is 17.3 Å². The van der Waals surface area contributed by atoms with Gasteiger partial charge in [-0.2, -0.15) is 5.10 Å². The predicted molar refractivity (Wildman–Crippen MR) is 93.8 cm³/mol. The van der Waals surface area contributed by atoms with Crippen LogP contribution in [0.1, 0.15) is 10.5 Å². The summed E-state index contributed by atoms with van der Waals surface area (Å²) in [5.41, 5.74) is 3.39. The van der Waals surface area contributed by atoms with Crippen molar-refractivity contribution in [3.63, 3.8) is 0 Å². The smallest absolute Gasteiger partial charge is 0.269 e. The van der Waals surface area contributed by atoms with Crippen LogP contribution >= 0.6 is 0 Å². The highest BCUT2D eigenvalue weighted by Crippen LogP contribution is 2.18. The molecule has 7 nitrogen and oxygen atoms in total. The lowest BCUT2D eigenvalue weighted by atomic mass is 10.1. The molecule has 2 aromatic heterocycles. The Bertz CT molecular complexity index is 1050. The van der Waals surface area contributed by atoms with Crippen LogP contribution in [-0.4, -0.2) is 37.6 Å². The first-order valence-corrected chi connectivity index (χ1v) is 8.08. The Morgan fingerprint density at radius 1 is 1.15 bits per heavy atom. The number of carbonyl (C=O) groups excluding carboxylic acids is 1. The fourth-order valence-electron chi connectivity index (χ4n) is 2.66. The summed E-state index contributed by atoms with van der Waals surface area (Å²) in [5.74, 6) is -0.585. The van der Waals surface area contributed by atoms with E-state index >= 15 is 0 Å². The number of nitrogens with one attached hydrogen (secondary N) is 2. The first-order valence-electron chi connectivity index (χ1n) is 8.08. The van der Waals surface area contributed by atoms with Crippen molar-refractivity contribution in [3.8, 4) is 11.3 Å². The third kappa shape index (κ3) is 3.16. The number of hydrogen-bond donors (Lipinski definition) is 2. The van der Waals surface area contributed by atoms with E-state index in [4.69, 9.17) is 0 Å². The molecular formula is C18H15FN6O. The summed E-state index contributed by atoms with van der Waals surface area (Å²) in [5, 5.41) is 17.8. The number of hydrogen-bond acceptors (Lipinski definition) is 4. The lowest BCUT2D eigenvalue weighted by molar-refractivity contribution is 0.0947. The molecule has 0 saturated carbocycles. The van der Waals surface area contributed by atoms with Crippen molar-refractivity contribution in [1.82, 2.24) is 30.5 Å². The van der Waals surface area contributed by atoms with Crippen LogP contribution in [0.5, 0.6) is 0 Å². The topological polar surface area (TPSA) is 88.5 Å². The lowest BCUT2D eigenvalue weighted by Gasteiger charge is -2.04. The van der Waals surface area contributed by atoms with Crippen molar-refractivity contribution in [2.75, 3.05) is 6.54 Å². The molecule has 2 aromatic carbocycles. The van der Waals surface area contributed by atoms with Crippen molar-refractivity contribution in [1.29, 1.82) is 0 Å². The van der Waals surface area contributed by atoms with Gasteiger partial charge in [0.1, 0.15) is 17.0 Å². The summed E-state index contributed by atoms with van der Waals surface area (Å²) in [6, 6.07) is 15.2. The van der Waals surface area contributed by atoms with Gasteiger partial charge in [0.25, 0.3) is 5.91 Å². The molecule has 0 unspecified atom stereocenters. The molecule has 0 fully saturated rings. The fraction of sp³-hybridized carbons (Fsp3) is 0.111. The molecule has 0 radical (unpaired) electrons. The zero-order valence-electron chi connectivity index (χ0n) is 13.7. The van der Waals surface area contributed by atoms with Crippen LogP contribution in [0.15, 0.2) is 54.6 Å². The monoisotopic (exact) mass is 350 g/mol. The number of carbonyl (C=O) groups is 1. The first kappa shape index (κ1) is 15.9. The highest BCUT2D eigenvalue weighted by atomic mass is 19.1. The number of para-hydroxylation sites is 1. The molecule has 130 valence electrons. The van der Waals surface area contributed by atoms with Crippen molar-refractivity contribution >= 4 is 16.9 Å². The number of H-pyrrole nitrogens is 1. The summed E-state index contributed by atoms with van der Waals surface area (Å²) in [7, 11) is 0. The van der Waals surface area contributed by atoms with Crippen LogP contribution in [0.3, 0.4) is 0 Å². The molecular weight excluding hydrogens is 335 g/mol. The number of benzene rings is 2. The zero-order valence-corrected chi connectivity index (χ0v) is 13.7. The van der Waals surface area contributed by atoms with E-state index in [-0.39, 0.29) is 11.7 Å². The number of rotatable bonds is 5. The summed E-state index contributed by atoms with van der Waals surface area (Å²) in [6.45, 7) is 0.905. The van der Waals surface area contributed by atoms with E-state index in [0.717, 1.165) is 16.6 Å². The molecule has 4 rings (SSSR count). The van der Waals surface area contributed by atoms with Gasteiger partial charge in [0.15, 0.2) is 0 Å². The van der Waals surface area contributed by atoms with E-state index in [1.54, 1.807) is 22.9 Å². The van der Waals surface area contributed by atoms with Crippen LogP contribution in [0.4, 0.5) is 4.39 Å². The van der Waals surface area contributed by atoms with E-state index in [9.17, 15) is 9.18 Å². The minimum absolute atomic E-state index is 0.268. The molecule has 0 aliphatic heterocycles. The minimum atomic E-state index is -0.317. The maximum atomic E-state index is 13.0. The molecule has 0 aliphatic rings. The summed E-state index contributed by atoms with van der Waals surface area (Å²) >= 11 is 0. The number of nitrogens with zero attached hydrogens (tertiary/aromatic N) is 4. The van der Waals surface area contributed by atoms with Crippen LogP contribution in [0, 0.1) is 5.82 Å². The Labute approximate surface area is 147 Å². The fourth-order valence-corrected chi connectivity index (χ4v) is 2.66. The zero-order chi connectivity index (χ0) is 17.9. The summed E-state index contributed by atoms with van der Waals surface area (Å²) in [6.07, 6.45) is 0. The van der Waals surface area contributed by atoms with Gasteiger partial charge in [0, 0.05) is 12.1 Å². The normalized spacial score (nSPS) is 11.0. The largest absolute Gasteiger partial charge is 0.349 e. The van der Waals surface area contributed by atoms with Crippen molar-refractivity contribution in [2.24, 2.45) is 0 Å². The molecule has 8 heteroatoms. The van der Waals surface area contributed by atoms with E-state index in [0.29, 0.717) is 24.5 Å². The molecule has 0 saturated heterocycles. The third-order valence-corrected chi connectivity index (χ3v) is 3.99. The van der Waals surface area contributed by atoms with Crippen molar-refractivity contribution in [2.45, 2.75) is 6.54 Å². The van der Waals surface area contributed by atoms with Crippen LogP contribution in [0.2, 0.25) is 0 Å². The highest BCUT2D eigenvalue weighted by Gasteiger charge is 2.11. The van der Waals surface area contributed by atoms with Gasteiger partial charge in [0.05, 0.1) is 17.8 Å². The highest BCUT2D eigenvalue weighted by molar-refractivity contribution is 5.93. The second-order valence-corrected chi connectivity index (χ2v) is 5.73. The number of aromatic nitrogens is 5. The molecule has 0 bridgehead atoms. The summed E-state index contributed by atoms with van der Waals surface area (Å²) in [4.78, 5) is 12.2. The molecule has 0 spiro atoms. The van der Waals surface area contributed by atoms with Crippen molar-refractivity contribution in [3.05, 3.63) is 66.1 Å². The molecule has 0 atom stereocenters. The Kier molecular flexibility index (Phi) is 4.14. The van der Waals surface area contributed by atoms with E-state index in [1.807, 2.05) is 24.3 Å². The lowest BCUT2D eigenvalue weighted by Crippen LogP contribution is -2.27. The van der Waals surface area contributed by atoms with Gasteiger partial charge in [0.2, 0.25) is 0 Å². The maximum Gasteiger partial charge on any atom is 0.269 e. The van der Waals surface area contributed by atoms with E-state index in [1.165, 1.54) is 12.1 Å². The van der Waals surface area contributed by atoms with E-state index < -0.39 is 0 Å². The second-order valence-electron chi connectivity index (χ2n) is 5.73. The molecule has 2 heterocycles. The average Bonchev–Trinajstić information content (AvgIpc) is 3.30. The third-order valence-electron chi connectivity index (χ3n) is 3.99. The van der Waals surface area contributed by atoms with Gasteiger partial charge in [-0.15, -0.1) is 5.10 Å². The van der Waals surface area contributed by atoms with Crippen LogP contribution in [0.25, 0.3) is 22.3 Å². The number of halogens is 1. The van der Waals surface area contributed by atoms with Gasteiger partial charge in [-0.05, 0) is 42.5 Å². The van der Waals surface area contributed by atoms with Crippen LogP contribution in [-0.2, 0) is 6.54 Å². The SMILES string of the molecule is O=C(NCCn1nnc2ccccc21)c1cc(-c2ccc(F)cc2)n[nH]1. The second kappa shape index (κ2) is 6.75. The molecule has 1 amide bonds. The molecule has 0 aliphatic carbocycles. The average molecular weight is 350 g/mol. The van der Waals surface area contributed by atoms with Gasteiger partial charge >= 0.3 is 0 Å². The van der Waals surface area contributed by atoms with E-state index in [2.05, 4.69) is 25.8 Å². The standard InChI is InChI=1S/C18H15FN6O/c19-13-7-5-12(6-8-13)15-11-16(22-21-15)18(26)20-9-10-25-17-4-2-1-3-14(17)23-24-25/h1-8,11H,9-10H2,(H,20,26)(H,21,22). The number of aromatic amines is 1.